The smallest absolute Gasteiger partial charge is 0.0276 e. The van der Waals surface area contributed by atoms with Crippen molar-refractivity contribution in [2.24, 2.45) is 0 Å². The van der Waals surface area contributed by atoms with Crippen molar-refractivity contribution < 1.29 is 0 Å². The zero-order valence-corrected chi connectivity index (χ0v) is 6.53. The van der Waals surface area contributed by atoms with E-state index in [1.54, 1.807) is 6.08 Å². The average Bonchev–Trinajstić information content (AvgIpc) is 1.68. The third-order valence-corrected chi connectivity index (χ3v) is 1.34. The first kappa shape index (κ1) is 7.18. The van der Waals surface area contributed by atoms with Crippen molar-refractivity contribution in [3.63, 3.8) is 0 Å². The summed E-state index contributed by atoms with van der Waals surface area (Å²) in [5.41, 5.74) is 0. The van der Waals surface area contributed by atoms with Gasteiger partial charge in [-0.3, -0.25) is 0 Å². The van der Waals surface area contributed by atoms with Crippen molar-refractivity contribution in [2.45, 2.75) is 6.04 Å². The van der Waals surface area contributed by atoms with Crippen LogP contribution in [0.1, 0.15) is 0 Å². The minimum atomic E-state index is 0.868. The number of rotatable bonds is 2. The first-order valence-corrected chi connectivity index (χ1v) is 3.44. The lowest BCUT2D eigenvalue weighted by atomic mass is 10.5. The minimum absolute atomic E-state index is 0.868. The molecule has 0 saturated heterocycles. The van der Waals surface area contributed by atoms with Crippen LogP contribution in [-0.4, -0.2) is 10.2 Å². The highest BCUT2D eigenvalue weighted by atomic mass is 79.9. The van der Waals surface area contributed by atoms with E-state index in [9.17, 15) is 0 Å². The van der Waals surface area contributed by atoms with Crippen LogP contribution in [0.5, 0.6) is 0 Å². The quantitative estimate of drug-likeness (QED) is 0.444. The maximum Gasteiger partial charge on any atom is 0.0276 e. The maximum atomic E-state index is 3.54. The number of hydrogen-bond donors (Lipinski definition) is 0. The van der Waals surface area contributed by atoms with Crippen LogP contribution in [0.15, 0.2) is 23.2 Å². The van der Waals surface area contributed by atoms with Crippen molar-refractivity contribution in [1.29, 1.82) is 0 Å². The fourth-order valence-corrected chi connectivity index (χ4v) is 0.861. The zero-order chi connectivity index (χ0) is 5.70. The van der Waals surface area contributed by atoms with E-state index in [4.69, 9.17) is 0 Å². The fourth-order valence-electron chi connectivity index (χ4n) is 0.181. The monoisotopic (exact) mass is 173 g/mol. The maximum absolute atomic E-state index is 3.54. The molecule has 0 aromatic rings. The predicted molar refractivity (Wildman–Crippen MR) is 37.8 cm³/mol. The molecule has 0 atom stereocenters. The Bertz CT molecular complexity index is 86.1. The van der Waals surface area contributed by atoms with Gasteiger partial charge < -0.3 is 0 Å². The Morgan fingerprint density at radius 3 is 2.57 bits per heavy atom. The van der Waals surface area contributed by atoms with Crippen LogP contribution in [-0.2, 0) is 0 Å². The largest absolute Gasteiger partial charge is 0.0980 e. The van der Waals surface area contributed by atoms with Crippen LogP contribution in [0.3, 0.4) is 0 Å². The van der Waals surface area contributed by atoms with Crippen molar-refractivity contribution in [3.8, 4) is 0 Å². The van der Waals surface area contributed by atoms with E-state index in [1.807, 2.05) is 6.08 Å². The summed E-state index contributed by atoms with van der Waals surface area (Å²) in [6, 6.07) is 0.868. The lowest BCUT2D eigenvalue weighted by molar-refractivity contribution is 1.70. The lowest BCUT2D eigenvalue weighted by Crippen LogP contribution is -1.60. The third kappa shape index (κ3) is 4.02. The summed E-state index contributed by atoms with van der Waals surface area (Å²) in [4.78, 5) is 0. The summed E-state index contributed by atoms with van der Waals surface area (Å²) in [6.07, 6.45) is 3.73. The van der Waals surface area contributed by atoms with E-state index in [2.05, 4.69) is 32.8 Å². The lowest BCUT2D eigenvalue weighted by Gasteiger charge is -1.80. The van der Waals surface area contributed by atoms with Crippen LogP contribution in [0.2, 0.25) is 6.04 Å². The third-order valence-electron chi connectivity index (χ3n) is 0.492. The zero-order valence-electron chi connectivity index (χ0n) is 3.95. The molecule has 0 saturated carbocycles. The number of allylic oxidation sites excluding steroid dienone is 3. The molecule has 2 heteroatoms. The van der Waals surface area contributed by atoms with E-state index in [1.165, 1.54) is 0 Å². The molecule has 0 unspecified atom stereocenters. The molecule has 0 aliphatic carbocycles. The Morgan fingerprint density at radius 2 is 2.43 bits per heavy atom. The van der Waals surface area contributed by atoms with E-state index in [-0.39, 0.29) is 0 Å². The summed E-state index contributed by atoms with van der Waals surface area (Å²) in [6.45, 7) is 3.54. The SMILES string of the molecule is C=CC(Br)=CC[Si]. The second kappa shape index (κ2) is 4.34. The summed E-state index contributed by atoms with van der Waals surface area (Å²) in [5, 5.41) is 0. The van der Waals surface area contributed by atoms with Gasteiger partial charge in [-0.2, -0.15) is 0 Å². The molecule has 0 bridgehead atoms. The molecule has 7 heavy (non-hydrogen) atoms. The summed E-state index contributed by atoms with van der Waals surface area (Å²) in [5.74, 6) is 0. The van der Waals surface area contributed by atoms with Gasteiger partial charge in [0.15, 0.2) is 0 Å². The fraction of sp³-hybridized carbons (Fsp3) is 0.200. The van der Waals surface area contributed by atoms with Crippen molar-refractivity contribution in [3.05, 3.63) is 23.2 Å². The highest BCUT2D eigenvalue weighted by Gasteiger charge is 1.74. The normalized spacial score (nSPS) is 11.4. The van der Waals surface area contributed by atoms with E-state index >= 15 is 0 Å². The standard InChI is InChI=1S/C5H6BrSi/c1-2-5(6)3-4-7/h2-3H,1,4H2. The molecular weight excluding hydrogens is 168 g/mol. The van der Waals surface area contributed by atoms with Crippen LogP contribution in [0.4, 0.5) is 0 Å². The molecule has 0 aromatic carbocycles. The van der Waals surface area contributed by atoms with Crippen LogP contribution in [0.25, 0.3) is 0 Å². The van der Waals surface area contributed by atoms with Gasteiger partial charge in [0.05, 0.1) is 0 Å². The van der Waals surface area contributed by atoms with Gasteiger partial charge in [-0.25, -0.2) is 0 Å². The molecule has 0 aliphatic heterocycles. The minimum Gasteiger partial charge on any atom is -0.0980 e. The molecule has 3 radical (unpaired) electrons. The molecule has 37 valence electrons. The highest BCUT2D eigenvalue weighted by molar-refractivity contribution is 9.11. The summed E-state index contributed by atoms with van der Waals surface area (Å²) >= 11 is 3.25. The Kier molecular flexibility index (Phi) is 4.45. The first-order chi connectivity index (χ1) is 3.31. The average molecular weight is 174 g/mol. The Morgan fingerprint density at radius 1 is 1.86 bits per heavy atom. The molecule has 0 aromatic heterocycles. The molecular formula is C5H6BrSi. The van der Waals surface area contributed by atoms with Crippen molar-refractivity contribution in [1.82, 2.24) is 0 Å². The molecule has 0 fully saturated rings. The topological polar surface area (TPSA) is 0 Å². The summed E-state index contributed by atoms with van der Waals surface area (Å²) < 4.78 is 1.03. The van der Waals surface area contributed by atoms with Gasteiger partial charge in [0.2, 0.25) is 0 Å². The van der Waals surface area contributed by atoms with Crippen LogP contribution in [0, 0.1) is 0 Å². The Balaban J connectivity index is 3.49. The molecule has 0 heterocycles. The van der Waals surface area contributed by atoms with Crippen LogP contribution < -0.4 is 0 Å². The van der Waals surface area contributed by atoms with E-state index < -0.39 is 0 Å². The molecule has 0 amide bonds. The Hall–Kier alpha value is 0.177. The van der Waals surface area contributed by atoms with Crippen molar-refractivity contribution in [2.75, 3.05) is 0 Å². The molecule has 0 rings (SSSR count). The first-order valence-electron chi connectivity index (χ1n) is 1.94. The summed E-state index contributed by atoms with van der Waals surface area (Å²) in [7, 11) is 3.28. The molecule has 0 aliphatic rings. The molecule has 0 nitrogen and oxygen atoms in total. The Labute approximate surface area is 55.9 Å². The predicted octanol–water partition coefficient (Wildman–Crippen LogP) is 2.04. The molecule has 0 spiro atoms. The van der Waals surface area contributed by atoms with Gasteiger partial charge in [-0.05, 0) is 6.04 Å². The van der Waals surface area contributed by atoms with E-state index in [0.717, 1.165) is 10.5 Å². The highest BCUT2D eigenvalue weighted by Crippen LogP contribution is 2.04. The van der Waals surface area contributed by atoms with Gasteiger partial charge in [0.25, 0.3) is 0 Å². The second-order valence-electron chi connectivity index (χ2n) is 0.997. The van der Waals surface area contributed by atoms with Gasteiger partial charge >= 0.3 is 0 Å². The van der Waals surface area contributed by atoms with Gasteiger partial charge in [0.1, 0.15) is 0 Å². The number of hydrogen-bond acceptors (Lipinski definition) is 0. The van der Waals surface area contributed by atoms with Gasteiger partial charge in [0, 0.05) is 14.7 Å². The van der Waals surface area contributed by atoms with Crippen molar-refractivity contribution >= 4 is 26.2 Å². The van der Waals surface area contributed by atoms with Gasteiger partial charge in [-0.15, -0.1) is 0 Å². The second-order valence-corrected chi connectivity index (χ2v) is 2.32. The number of halogens is 1. The van der Waals surface area contributed by atoms with Crippen LogP contribution >= 0.6 is 15.9 Å². The molecule has 0 N–H and O–H groups in total. The van der Waals surface area contributed by atoms with E-state index in [0.29, 0.717) is 0 Å². The van der Waals surface area contributed by atoms with Gasteiger partial charge in [-0.1, -0.05) is 34.7 Å².